The second-order valence-corrected chi connectivity index (χ2v) is 10.7. The molecule has 0 amide bonds. The van der Waals surface area contributed by atoms with Gasteiger partial charge in [0, 0.05) is 24.2 Å². The number of hydrogen-bond acceptors (Lipinski definition) is 7. The van der Waals surface area contributed by atoms with Crippen LogP contribution >= 0.6 is 57.5 Å². The maximum absolute atomic E-state index is 11.2. The largest absolute Gasteiger partial charge is 0.477 e. The highest BCUT2D eigenvalue weighted by molar-refractivity contribution is 8.05. The highest BCUT2D eigenvalue weighted by Crippen LogP contribution is 2.71. The third kappa shape index (κ3) is 1.91. The van der Waals surface area contributed by atoms with Crippen molar-refractivity contribution in [3.8, 4) is 0 Å². The molecule has 5 rings (SSSR count). The summed E-state index contributed by atoms with van der Waals surface area (Å²) in [7, 11) is 0. The molecular formula is C14H6O4S5. The molecule has 9 heteroatoms. The molecule has 0 spiro atoms. The molecule has 2 N–H and O–H groups in total. The molecular weight excluding hydrogens is 392 g/mol. The van der Waals surface area contributed by atoms with Crippen molar-refractivity contribution < 1.29 is 19.8 Å². The first-order valence-electron chi connectivity index (χ1n) is 6.53. The topological polar surface area (TPSA) is 74.6 Å². The number of rotatable bonds is 2. The molecule has 116 valence electrons. The average molecular weight is 399 g/mol. The fourth-order valence-electron chi connectivity index (χ4n) is 2.84. The predicted molar refractivity (Wildman–Crippen MR) is 95.1 cm³/mol. The van der Waals surface area contributed by atoms with Gasteiger partial charge in [0.2, 0.25) is 0 Å². The number of thioether (sulfide) groups is 2. The van der Waals surface area contributed by atoms with Crippen LogP contribution in [0.25, 0.3) is 9.40 Å². The SMILES string of the molecule is O=C(O)c1cc2c(s1)C1Sc3c(sc4cc(C(=O)O)sc34)C1S2. The maximum Gasteiger partial charge on any atom is 0.345 e. The summed E-state index contributed by atoms with van der Waals surface area (Å²) in [6.07, 6.45) is 0. The van der Waals surface area contributed by atoms with Gasteiger partial charge in [-0.2, -0.15) is 0 Å². The number of thiophene rings is 3. The van der Waals surface area contributed by atoms with Gasteiger partial charge >= 0.3 is 11.9 Å². The van der Waals surface area contributed by atoms with Crippen LogP contribution < -0.4 is 0 Å². The van der Waals surface area contributed by atoms with Crippen LogP contribution in [0.2, 0.25) is 0 Å². The van der Waals surface area contributed by atoms with E-state index in [-0.39, 0.29) is 5.25 Å². The number of carbonyl (C=O) groups is 2. The van der Waals surface area contributed by atoms with Crippen molar-refractivity contribution in [3.63, 3.8) is 0 Å². The average Bonchev–Trinajstić information content (AvgIpc) is 3.20. The van der Waals surface area contributed by atoms with Gasteiger partial charge in [-0.25, -0.2) is 9.59 Å². The van der Waals surface area contributed by atoms with Crippen LogP contribution in [0, 0.1) is 0 Å². The zero-order chi connectivity index (χ0) is 15.9. The molecule has 4 nitrogen and oxygen atoms in total. The van der Waals surface area contributed by atoms with Crippen molar-refractivity contribution in [2.45, 2.75) is 20.3 Å². The first kappa shape index (κ1) is 14.4. The van der Waals surface area contributed by atoms with Crippen molar-refractivity contribution in [1.82, 2.24) is 0 Å². The lowest BCUT2D eigenvalue weighted by molar-refractivity contribution is 0.0691. The molecule has 2 aliphatic rings. The van der Waals surface area contributed by atoms with Gasteiger partial charge in [0.05, 0.1) is 15.2 Å². The molecule has 23 heavy (non-hydrogen) atoms. The molecule has 5 heterocycles. The van der Waals surface area contributed by atoms with Crippen molar-refractivity contribution in [2.24, 2.45) is 0 Å². The molecule has 0 bridgehead atoms. The lowest BCUT2D eigenvalue weighted by Crippen LogP contribution is -1.92. The zero-order valence-electron chi connectivity index (χ0n) is 11.1. The predicted octanol–water partition coefficient (Wildman–Crippen LogP) is 5.41. The fourth-order valence-corrected chi connectivity index (χ4v) is 10.6. The Balaban J connectivity index is 1.58. The van der Waals surface area contributed by atoms with Gasteiger partial charge in [0.15, 0.2) is 0 Å². The van der Waals surface area contributed by atoms with Crippen LogP contribution in [0.15, 0.2) is 21.9 Å². The number of carboxylic acid groups (broad SMARTS) is 2. The van der Waals surface area contributed by atoms with Gasteiger partial charge in [-0.15, -0.1) is 57.5 Å². The van der Waals surface area contributed by atoms with Crippen molar-refractivity contribution >= 4 is 78.9 Å². The third-order valence-electron chi connectivity index (χ3n) is 3.79. The smallest absolute Gasteiger partial charge is 0.345 e. The van der Waals surface area contributed by atoms with E-state index in [4.69, 9.17) is 10.2 Å². The Morgan fingerprint density at radius 1 is 0.870 bits per heavy atom. The van der Waals surface area contributed by atoms with Crippen LogP contribution in [0.1, 0.15) is 39.6 Å². The van der Waals surface area contributed by atoms with Crippen LogP contribution in [0.3, 0.4) is 0 Å². The van der Waals surface area contributed by atoms with Gasteiger partial charge < -0.3 is 10.2 Å². The highest BCUT2D eigenvalue weighted by atomic mass is 32.2. The third-order valence-corrected chi connectivity index (χ3v) is 11.1. The minimum atomic E-state index is -0.878. The first-order chi connectivity index (χ1) is 11.0. The van der Waals surface area contributed by atoms with Gasteiger partial charge in [-0.1, -0.05) is 0 Å². The lowest BCUT2D eigenvalue weighted by atomic mass is 10.2. The van der Waals surface area contributed by atoms with E-state index >= 15 is 0 Å². The van der Waals surface area contributed by atoms with E-state index in [0.717, 1.165) is 19.2 Å². The molecule has 0 fully saturated rings. The normalized spacial score (nSPS) is 21.4. The van der Waals surface area contributed by atoms with Crippen molar-refractivity contribution in [1.29, 1.82) is 0 Å². The van der Waals surface area contributed by atoms with E-state index in [1.165, 1.54) is 32.4 Å². The molecule has 0 saturated heterocycles. The summed E-state index contributed by atoms with van der Waals surface area (Å²) in [5.74, 6) is -1.75. The summed E-state index contributed by atoms with van der Waals surface area (Å²) in [6, 6.07) is 3.54. The van der Waals surface area contributed by atoms with E-state index in [2.05, 4.69) is 0 Å². The van der Waals surface area contributed by atoms with Crippen molar-refractivity contribution in [2.75, 3.05) is 0 Å². The number of carboxylic acids is 2. The second kappa shape index (κ2) is 4.76. The molecule has 0 aliphatic carbocycles. The fraction of sp³-hybridized carbons (Fsp3) is 0.143. The lowest BCUT2D eigenvalue weighted by Gasteiger charge is -2.07. The molecule has 2 atom stereocenters. The Morgan fingerprint density at radius 2 is 1.57 bits per heavy atom. The molecule has 2 unspecified atom stereocenters. The van der Waals surface area contributed by atoms with E-state index in [9.17, 15) is 9.59 Å². The van der Waals surface area contributed by atoms with Gasteiger partial charge in [-0.3, -0.25) is 0 Å². The van der Waals surface area contributed by atoms with Gasteiger partial charge in [-0.05, 0) is 12.1 Å². The van der Waals surface area contributed by atoms with E-state index in [0.29, 0.717) is 15.0 Å². The number of fused-ring (bicyclic) bond motifs is 7. The Labute approximate surface area is 150 Å². The van der Waals surface area contributed by atoms with Crippen LogP contribution in [-0.4, -0.2) is 22.2 Å². The number of hydrogen-bond donors (Lipinski definition) is 2. The van der Waals surface area contributed by atoms with Gasteiger partial charge in [0.1, 0.15) is 9.75 Å². The van der Waals surface area contributed by atoms with E-state index in [1.54, 1.807) is 47.0 Å². The molecule has 3 aromatic heterocycles. The second-order valence-electron chi connectivity index (χ2n) is 5.13. The minimum absolute atomic E-state index is 0.258. The maximum atomic E-state index is 11.2. The Morgan fingerprint density at radius 3 is 2.30 bits per heavy atom. The minimum Gasteiger partial charge on any atom is -0.477 e. The summed E-state index contributed by atoms with van der Waals surface area (Å²) in [5.41, 5.74) is 0. The first-order valence-corrected chi connectivity index (χ1v) is 10.7. The van der Waals surface area contributed by atoms with E-state index in [1.807, 2.05) is 0 Å². The highest BCUT2D eigenvalue weighted by Gasteiger charge is 2.45. The number of aromatic carboxylic acids is 2. The monoisotopic (exact) mass is 398 g/mol. The van der Waals surface area contributed by atoms with Gasteiger partial charge in [0.25, 0.3) is 0 Å². The molecule has 2 aliphatic heterocycles. The summed E-state index contributed by atoms with van der Waals surface area (Å²) in [5, 5.41) is 18.9. The summed E-state index contributed by atoms with van der Waals surface area (Å²) < 4.78 is 2.12. The van der Waals surface area contributed by atoms with Crippen LogP contribution in [0.5, 0.6) is 0 Å². The zero-order valence-corrected chi connectivity index (χ0v) is 15.1. The summed E-state index contributed by atoms with van der Waals surface area (Å²) in [4.78, 5) is 27.8. The Hall–Kier alpha value is -1.00. The van der Waals surface area contributed by atoms with Crippen LogP contribution in [-0.2, 0) is 0 Å². The standard InChI is InChI=1S/C14H6O4S5/c15-13(16)5-1-3-7(21-5)9-11(19-3)12-10(23-9)8-4(20-12)2-6(22-8)14(17)18/h1-2,9,11H,(H,15,16)(H,17,18). The van der Waals surface area contributed by atoms with Crippen molar-refractivity contribution in [3.05, 3.63) is 31.6 Å². The summed E-state index contributed by atoms with van der Waals surface area (Å²) >= 11 is 7.89. The summed E-state index contributed by atoms with van der Waals surface area (Å²) in [6.45, 7) is 0. The molecule has 3 aromatic rings. The molecule has 0 aromatic carbocycles. The quantitative estimate of drug-likeness (QED) is 0.601. The molecule has 0 saturated carbocycles. The molecule has 0 radical (unpaired) electrons. The Kier molecular flexibility index (Phi) is 2.97. The van der Waals surface area contributed by atoms with Crippen LogP contribution in [0.4, 0.5) is 0 Å². The Bertz CT molecular complexity index is 1010. The van der Waals surface area contributed by atoms with E-state index < -0.39 is 11.9 Å².